The molecule has 13 rings (SSSR count). The Bertz CT molecular complexity index is 3990. The van der Waals surface area contributed by atoms with Gasteiger partial charge in [0.15, 0.2) is 0 Å². The van der Waals surface area contributed by atoms with Gasteiger partial charge in [-0.05, 0) is 151 Å². The maximum absolute atomic E-state index is 2.45. The third-order valence-electron chi connectivity index (χ3n) is 14.1. The number of fused-ring (bicyclic) bond motifs is 5. The Labute approximate surface area is 420 Å². The first-order valence-corrected chi connectivity index (χ1v) is 24.7. The minimum atomic E-state index is 1.07. The fraction of sp³-hybridized carbons (Fsp3) is 0. The van der Waals surface area contributed by atoms with Crippen LogP contribution < -0.4 is 4.90 Å². The van der Waals surface area contributed by atoms with Crippen LogP contribution >= 0.6 is 0 Å². The van der Waals surface area contributed by atoms with Gasteiger partial charge in [-0.1, -0.05) is 212 Å². The van der Waals surface area contributed by atoms with Gasteiger partial charge in [-0.15, -0.1) is 0 Å². The molecule has 72 heavy (non-hydrogen) atoms. The van der Waals surface area contributed by atoms with Crippen LogP contribution in [0.4, 0.5) is 17.1 Å². The van der Waals surface area contributed by atoms with Gasteiger partial charge in [0.1, 0.15) is 0 Å². The standard InChI is InChI=1S/C70H48N2/c1-5-18-49(19-6-1)55-25-15-26-56(44-55)52-34-39-62(40-35-52)71(63-41-36-53(37-42-63)60-46-58(50-20-7-2-8-21-50)45-59(47-60)51-22-9-3-10-23-51)64-30-16-27-57(48-64)65-32-17-33-68-69(65)67-43-38-54-24-13-14-31-66(54)70(67)72(68)61-28-11-4-12-29-61/h1-48H. The largest absolute Gasteiger partial charge is 0.310 e. The van der Waals surface area contributed by atoms with E-state index in [4.69, 9.17) is 0 Å². The molecule has 0 amide bonds. The summed E-state index contributed by atoms with van der Waals surface area (Å²) in [6.07, 6.45) is 0. The van der Waals surface area contributed by atoms with E-state index in [1.54, 1.807) is 0 Å². The monoisotopic (exact) mass is 916 g/mol. The fourth-order valence-electron chi connectivity index (χ4n) is 10.7. The maximum atomic E-state index is 2.45. The van der Waals surface area contributed by atoms with Crippen molar-refractivity contribution in [3.05, 3.63) is 291 Å². The first-order chi connectivity index (χ1) is 35.7. The van der Waals surface area contributed by atoms with Crippen LogP contribution in [0.3, 0.4) is 0 Å². The van der Waals surface area contributed by atoms with Gasteiger partial charge in [-0.3, -0.25) is 0 Å². The Morgan fingerprint density at radius 3 is 1.29 bits per heavy atom. The van der Waals surface area contributed by atoms with Gasteiger partial charge in [0.25, 0.3) is 0 Å². The number of hydrogen-bond donors (Lipinski definition) is 0. The molecule has 1 aromatic heterocycles. The summed E-state index contributed by atoms with van der Waals surface area (Å²) in [7, 11) is 0. The molecule has 2 nitrogen and oxygen atoms in total. The molecule has 13 aromatic rings. The van der Waals surface area contributed by atoms with Gasteiger partial charge in [0, 0.05) is 38.9 Å². The molecule has 338 valence electrons. The number of aromatic nitrogens is 1. The predicted octanol–water partition coefficient (Wildman–Crippen LogP) is 19.4. The molecule has 0 bridgehead atoms. The zero-order valence-corrected chi connectivity index (χ0v) is 39.6. The van der Waals surface area contributed by atoms with Gasteiger partial charge in [0.05, 0.1) is 11.0 Å². The average Bonchev–Trinajstić information content (AvgIpc) is 3.82. The summed E-state index contributed by atoms with van der Waals surface area (Å²) in [5, 5.41) is 4.94. The smallest absolute Gasteiger partial charge is 0.0619 e. The lowest BCUT2D eigenvalue weighted by Gasteiger charge is -2.26. The second-order valence-corrected chi connectivity index (χ2v) is 18.5. The normalized spacial score (nSPS) is 11.3. The number of anilines is 3. The van der Waals surface area contributed by atoms with E-state index in [9.17, 15) is 0 Å². The Balaban J connectivity index is 0.949. The van der Waals surface area contributed by atoms with Crippen molar-refractivity contribution in [2.24, 2.45) is 0 Å². The van der Waals surface area contributed by atoms with E-state index in [2.05, 4.69) is 301 Å². The Morgan fingerprint density at radius 1 is 0.250 bits per heavy atom. The number of para-hydroxylation sites is 1. The van der Waals surface area contributed by atoms with Gasteiger partial charge < -0.3 is 9.47 Å². The first-order valence-electron chi connectivity index (χ1n) is 24.7. The van der Waals surface area contributed by atoms with Crippen LogP contribution in [0.2, 0.25) is 0 Å². The van der Waals surface area contributed by atoms with Gasteiger partial charge in [0.2, 0.25) is 0 Å². The van der Waals surface area contributed by atoms with Crippen molar-refractivity contribution >= 4 is 49.6 Å². The summed E-state index contributed by atoms with van der Waals surface area (Å²) in [6, 6.07) is 106. The number of rotatable bonds is 10. The highest BCUT2D eigenvalue weighted by Gasteiger charge is 2.20. The Kier molecular flexibility index (Phi) is 10.9. The molecular formula is C70H48N2. The number of benzene rings is 12. The first kappa shape index (κ1) is 42.6. The van der Waals surface area contributed by atoms with E-state index in [0.29, 0.717) is 0 Å². The zero-order valence-electron chi connectivity index (χ0n) is 39.6. The van der Waals surface area contributed by atoms with E-state index in [1.165, 1.54) is 88.2 Å². The summed E-state index contributed by atoms with van der Waals surface area (Å²) >= 11 is 0. The van der Waals surface area contributed by atoms with Gasteiger partial charge in [-0.25, -0.2) is 0 Å². The second kappa shape index (κ2) is 18.4. The molecule has 0 spiro atoms. The van der Waals surface area contributed by atoms with Crippen molar-refractivity contribution in [1.29, 1.82) is 0 Å². The Hall–Kier alpha value is -9.50. The lowest BCUT2D eigenvalue weighted by atomic mass is 9.93. The summed E-state index contributed by atoms with van der Waals surface area (Å²) < 4.78 is 2.45. The van der Waals surface area contributed by atoms with E-state index >= 15 is 0 Å². The van der Waals surface area contributed by atoms with Crippen molar-refractivity contribution in [3.63, 3.8) is 0 Å². The minimum Gasteiger partial charge on any atom is -0.310 e. The highest BCUT2D eigenvalue weighted by molar-refractivity contribution is 6.22. The van der Waals surface area contributed by atoms with Crippen molar-refractivity contribution in [1.82, 2.24) is 4.57 Å². The highest BCUT2D eigenvalue weighted by Crippen LogP contribution is 2.44. The van der Waals surface area contributed by atoms with Crippen LogP contribution in [-0.4, -0.2) is 4.57 Å². The summed E-state index contributed by atoms with van der Waals surface area (Å²) in [6.45, 7) is 0. The van der Waals surface area contributed by atoms with Crippen LogP contribution in [-0.2, 0) is 0 Å². The molecule has 0 saturated carbocycles. The third kappa shape index (κ3) is 7.92. The lowest BCUT2D eigenvalue weighted by Crippen LogP contribution is -2.10. The minimum absolute atomic E-state index is 1.07. The quantitative estimate of drug-likeness (QED) is 0.133. The zero-order chi connectivity index (χ0) is 47.8. The van der Waals surface area contributed by atoms with Crippen LogP contribution in [0.25, 0.3) is 105 Å². The molecule has 1 heterocycles. The van der Waals surface area contributed by atoms with Crippen LogP contribution in [0.1, 0.15) is 0 Å². The topological polar surface area (TPSA) is 8.17 Å². The fourth-order valence-corrected chi connectivity index (χ4v) is 10.7. The molecule has 12 aromatic carbocycles. The lowest BCUT2D eigenvalue weighted by molar-refractivity contribution is 1.19. The van der Waals surface area contributed by atoms with Crippen LogP contribution in [0, 0.1) is 0 Å². The molecule has 0 radical (unpaired) electrons. The van der Waals surface area contributed by atoms with E-state index < -0.39 is 0 Å². The summed E-state index contributed by atoms with van der Waals surface area (Å²) in [5.41, 5.74) is 21.0. The molecule has 0 atom stereocenters. The van der Waals surface area contributed by atoms with Gasteiger partial charge in [-0.2, -0.15) is 0 Å². The molecular weight excluding hydrogens is 869 g/mol. The maximum Gasteiger partial charge on any atom is 0.0619 e. The van der Waals surface area contributed by atoms with E-state index in [1.807, 2.05) is 0 Å². The molecule has 2 heteroatoms. The molecule has 0 saturated heterocycles. The second-order valence-electron chi connectivity index (χ2n) is 18.5. The molecule has 0 aliphatic carbocycles. The SMILES string of the molecule is c1ccc(-c2cccc(-c3ccc(N(c4ccc(-c5cc(-c6ccccc6)cc(-c6ccccc6)c5)cc4)c4cccc(-c5cccc6c5c5ccc7ccccc7c5n6-c5ccccc5)c4)cc3)c2)cc1. The summed E-state index contributed by atoms with van der Waals surface area (Å²) in [4.78, 5) is 2.40. The van der Waals surface area contributed by atoms with Crippen molar-refractivity contribution < 1.29 is 0 Å². The van der Waals surface area contributed by atoms with Crippen molar-refractivity contribution in [2.75, 3.05) is 4.90 Å². The molecule has 0 aliphatic heterocycles. The highest BCUT2D eigenvalue weighted by atomic mass is 15.1. The number of hydrogen-bond acceptors (Lipinski definition) is 1. The summed E-state index contributed by atoms with van der Waals surface area (Å²) in [5.74, 6) is 0. The molecule has 0 aliphatic rings. The molecule has 0 N–H and O–H groups in total. The number of nitrogens with zero attached hydrogens (tertiary/aromatic N) is 2. The predicted molar refractivity (Wildman–Crippen MR) is 306 cm³/mol. The van der Waals surface area contributed by atoms with Crippen LogP contribution in [0.5, 0.6) is 0 Å². The van der Waals surface area contributed by atoms with Crippen molar-refractivity contribution in [3.8, 4) is 72.4 Å². The van der Waals surface area contributed by atoms with Crippen LogP contribution in [0.15, 0.2) is 291 Å². The third-order valence-corrected chi connectivity index (χ3v) is 14.1. The van der Waals surface area contributed by atoms with E-state index in [0.717, 1.165) is 33.9 Å². The molecule has 0 fully saturated rings. The molecule has 0 unspecified atom stereocenters. The van der Waals surface area contributed by atoms with Gasteiger partial charge >= 0.3 is 0 Å². The van der Waals surface area contributed by atoms with E-state index in [-0.39, 0.29) is 0 Å². The van der Waals surface area contributed by atoms with Crippen molar-refractivity contribution in [2.45, 2.75) is 0 Å². The Morgan fingerprint density at radius 2 is 0.694 bits per heavy atom. The average molecular weight is 917 g/mol.